The van der Waals surface area contributed by atoms with Gasteiger partial charge in [0.25, 0.3) is 0 Å². The molecule has 0 amide bonds. The SMILES string of the molecule is Brc1ccc(-c2nc3ccccc3[te]2)cc1. The molecule has 0 radical (unpaired) electrons. The van der Waals surface area contributed by atoms with Crippen LogP contribution in [-0.2, 0) is 0 Å². The Hall–Kier alpha value is -0.620. The molecule has 78 valence electrons. The molecule has 0 spiro atoms. The average Bonchev–Trinajstić information content (AvgIpc) is 2.73. The Morgan fingerprint density at radius 2 is 1.69 bits per heavy atom. The van der Waals surface area contributed by atoms with E-state index >= 15 is 0 Å². The van der Waals surface area contributed by atoms with E-state index in [0.29, 0.717) is 0 Å². The van der Waals surface area contributed by atoms with Gasteiger partial charge in [-0.1, -0.05) is 0 Å². The molecule has 0 N–H and O–H groups in total. The molecule has 0 saturated heterocycles. The summed E-state index contributed by atoms with van der Waals surface area (Å²) in [5, 5.41) is 0. The van der Waals surface area contributed by atoms with Crippen LogP contribution in [0.4, 0.5) is 0 Å². The number of fused-ring (bicyclic) bond motifs is 1. The van der Waals surface area contributed by atoms with Crippen LogP contribution in [0.3, 0.4) is 0 Å². The summed E-state index contributed by atoms with van der Waals surface area (Å²) in [5.41, 5.74) is 2.43. The molecule has 0 atom stereocenters. The molecule has 0 aliphatic rings. The predicted octanol–water partition coefficient (Wildman–Crippen LogP) is 3.72. The third-order valence-corrected chi connectivity index (χ3v) is 6.01. The number of para-hydroxylation sites is 1. The van der Waals surface area contributed by atoms with E-state index in [2.05, 4.69) is 64.5 Å². The molecule has 1 nitrogen and oxygen atoms in total. The van der Waals surface area contributed by atoms with Crippen LogP contribution in [0, 0.1) is 0 Å². The number of hydrogen-bond acceptors (Lipinski definition) is 1. The van der Waals surface area contributed by atoms with Crippen molar-refractivity contribution >= 4 is 45.3 Å². The van der Waals surface area contributed by atoms with Gasteiger partial charge in [-0.2, -0.15) is 0 Å². The van der Waals surface area contributed by atoms with Gasteiger partial charge in [0.1, 0.15) is 0 Å². The minimum absolute atomic E-state index is 0.286. The number of rotatable bonds is 1. The molecule has 0 saturated carbocycles. The van der Waals surface area contributed by atoms with E-state index in [0.717, 1.165) is 4.47 Å². The fourth-order valence-electron chi connectivity index (χ4n) is 1.59. The number of aromatic nitrogens is 1. The van der Waals surface area contributed by atoms with Crippen LogP contribution in [0.5, 0.6) is 0 Å². The van der Waals surface area contributed by atoms with E-state index in [4.69, 9.17) is 4.98 Å². The van der Waals surface area contributed by atoms with E-state index < -0.39 is 0 Å². The molecule has 16 heavy (non-hydrogen) atoms. The summed E-state index contributed by atoms with van der Waals surface area (Å²) in [7, 11) is 0. The average molecular weight is 386 g/mol. The molecule has 0 bridgehead atoms. The molecule has 3 aromatic rings. The van der Waals surface area contributed by atoms with Crippen LogP contribution in [0.1, 0.15) is 0 Å². The van der Waals surface area contributed by atoms with Crippen LogP contribution in [0.25, 0.3) is 18.2 Å². The maximum absolute atomic E-state index is 4.71. The van der Waals surface area contributed by atoms with Gasteiger partial charge in [-0.3, -0.25) is 0 Å². The first-order valence-electron chi connectivity index (χ1n) is 4.94. The zero-order valence-corrected chi connectivity index (χ0v) is 12.3. The van der Waals surface area contributed by atoms with Gasteiger partial charge in [0, 0.05) is 0 Å². The van der Waals surface area contributed by atoms with E-state index in [-0.39, 0.29) is 20.4 Å². The van der Waals surface area contributed by atoms with Crippen molar-refractivity contribution in [3.8, 4) is 9.27 Å². The second kappa shape index (κ2) is 4.33. The Morgan fingerprint density at radius 1 is 0.938 bits per heavy atom. The van der Waals surface area contributed by atoms with E-state index in [1.165, 1.54) is 18.2 Å². The van der Waals surface area contributed by atoms with E-state index in [1.807, 2.05) is 0 Å². The van der Waals surface area contributed by atoms with Gasteiger partial charge in [0.2, 0.25) is 0 Å². The van der Waals surface area contributed by atoms with Gasteiger partial charge in [0.15, 0.2) is 0 Å². The molecule has 3 heteroatoms. The second-order valence-electron chi connectivity index (χ2n) is 3.49. The first-order valence-corrected chi connectivity index (χ1v) is 8.07. The second-order valence-corrected chi connectivity index (χ2v) is 7.35. The van der Waals surface area contributed by atoms with Crippen LogP contribution in [0.15, 0.2) is 53.0 Å². The first-order chi connectivity index (χ1) is 7.83. The summed E-state index contributed by atoms with van der Waals surface area (Å²) in [4.78, 5) is 4.71. The molecular formula is C13H8BrNTe. The van der Waals surface area contributed by atoms with Gasteiger partial charge in [-0.05, 0) is 0 Å². The van der Waals surface area contributed by atoms with Crippen molar-refractivity contribution in [1.29, 1.82) is 0 Å². The number of hydrogen-bond donors (Lipinski definition) is 0. The molecule has 3 rings (SSSR count). The van der Waals surface area contributed by atoms with Gasteiger partial charge in [-0.15, -0.1) is 0 Å². The van der Waals surface area contributed by atoms with Crippen molar-refractivity contribution in [2.24, 2.45) is 0 Å². The molecule has 2 aromatic carbocycles. The first kappa shape index (κ1) is 10.5. The quantitative estimate of drug-likeness (QED) is 0.582. The molecule has 0 fully saturated rings. The monoisotopic (exact) mass is 387 g/mol. The summed E-state index contributed by atoms with van der Waals surface area (Å²) >= 11 is 3.17. The molecular weight excluding hydrogens is 378 g/mol. The van der Waals surface area contributed by atoms with Crippen molar-refractivity contribution in [2.75, 3.05) is 0 Å². The van der Waals surface area contributed by atoms with Gasteiger partial charge in [-0.25, -0.2) is 0 Å². The molecule has 0 unspecified atom stereocenters. The fourth-order valence-corrected chi connectivity index (χ4v) is 4.62. The molecule has 1 aromatic heterocycles. The van der Waals surface area contributed by atoms with Crippen LogP contribution in [-0.4, -0.2) is 25.4 Å². The summed E-state index contributed by atoms with van der Waals surface area (Å²) in [6.45, 7) is 0. The normalized spacial score (nSPS) is 10.8. The standard InChI is InChI=1S/C13H8BrNTe/c14-10-7-5-9(6-8-10)13-15-11-3-1-2-4-12(11)16-13/h1-8H. The summed E-state index contributed by atoms with van der Waals surface area (Å²) < 4.78 is 3.86. The summed E-state index contributed by atoms with van der Waals surface area (Å²) in [5.74, 6) is 0. The Morgan fingerprint density at radius 3 is 2.44 bits per heavy atom. The Labute approximate surface area is 112 Å². The van der Waals surface area contributed by atoms with E-state index in [9.17, 15) is 0 Å². The Bertz CT molecular complexity index is 595. The Kier molecular flexibility index (Phi) is 2.85. The minimum atomic E-state index is -0.286. The number of halogens is 1. The van der Waals surface area contributed by atoms with Crippen molar-refractivity contribution in [3.05, 3.63) is 53.0 Å². The molecule has 1 heterocycles. The fraction of sp³-hybridized carbons (Fsp3) is 0. The van der Waals surface area contributed by atoms with Crippen LogP contribution >= 0.6 is 15.9 Å². The van der Waals surface area contributed by atoms with Crippen LogP contribution < -0.4 is 0 Å². The summed E-state index contributed by atoms with van der Waals surface area (Å²) in [6, 6.07) is 16.9. The predicted molar refractivity (Wildman–Crippen MR) is 71.8 cm³/mol. The molecule has 0 aliphatic carbocycles. The number of benzene rings is 2. The van der Waals surface area contributed by atoms with Crippen LogP contribution in [0.2, 0.25) is 0 Å². The van der Waals surface area contributed by atoms with Crippen molar-refractivity contribution in [3.63, 3.8) is 0 Å². The third kappa shape index (κ3) is 1.96. The van der Waals surface area contributed by atoms with Gasteiger partial charge >= 0.3 is 113 Å². The number of nitrogens with zero attached hydrogens (tertiary/aromatic N) is 1. The zero-order valence-electron chi connectivity index (χ0n) is 8.35. The topological polar surface area (TPSA) is 12.9 Å². The van der Waals surface area contributed by atoms with Crippen molar-refractivity contribution in [2.45, 2.75) is 0 Å². The third-order valence-electron chi connectivity index (χ3n) is 2.39. The maximum atomic E-state index is 4.71. The van der Waals surface area contributed by atoms with Gasteiger partial charge in [0.05, 0.1) is 0 Å². The zero-order chi connectivity index (χ0) is 11.0. The molecule has 0 aliphatic heterocycles. The van der Waals surface area contributed by atoms with Crippen molar-refractivity contribution in [1.82, 2.24) is 4.98 Å². The van der Waals surface area contributed by atoms with Gasteiger partial charge < -0.3 is 0 Å². The Balaban J connectivity index is 2.15. The van der Waals surface area contributed by atoms with Crippen molar-refractivity contribution < 1.29 is 0 Å². The van der Waals surface area contributed by atoms with E-state index in [1.54, 1.807) is 0 Å². The summed E-state index contributed by atoms with van der Waals surface area (Å²) in [6.07, 6.45) is 0.